The van der Waals surface area contributed by atoms with Gasteiger partial charge in [-0.1, -0.05) is 35.0 Å². The van der Waals surface area contributed by atoms with E-state index in [0.717, 1.165) is 19.0 Å². The molecule has 1 aliphatic rings. The molecule has 0 aromatic heterocycles. The molecule has 1 aliphatic heterocycles. The third kappa shape index (κ3) is 1.94. The minimum atomic E-state index is 0.692. The highest BCUT2D eigenvalue weighted by molar-refractivity contribution is 9.10. The first-order valence-electron chi connectivity index (χ1n) is 4.73. The van der Waals surface area contributed by atoms with Gasteiger partial charge in [-0.3, -0.25) is 0 Å². The van der Waals surface area contributed by atoms with Crippen LogP contribution in [-0.4, -0.2) is 13.1 Å². The van der Waals surface area contributed by atoms with Gasteiger partial charge in [0.2, 0.25) is 0 Å². The zero-order chi connectivity index (χ0) is 9.26. The molecule has 0 bridgehead atoms. The van der Waals surface area contributed by atoms with E-state index in [9.17, 15) is 0 Å². The lowest BCUT2D eigenvalue weighted by Crippen LogP contribution is -2.07. The van der Waals surface area contributed by atoms with Crippen molar-refractivity contribution in [1.82, 2.24) is 5.32 Å². The van der Waals surface area contributed by atoms with Crippen LogP contribution in [0.4, 0.5) is 0 Å². The Morgan fingerprint density at radius 2 is 2.23 bits per heavy atom. The van der Waals surface area contributed by atoms with E-state index in [-0.39, 0.29) is 0 Å². The van der Waals surface area contributed by atoms with E-state index in [1.54, 1.807) is 0 Å². The van der Waals surface area contributed by atoms with Crippen LogP contribution in [0.1, 0.15) is 18.4 Å². The molecule has 0 radical (unpaired) electrons. The van der Waals surface area contributed by atoms with E-state index in [1.807, 2.05) is 0 Å². The normalized spacial score (nSPS) is 27.8. The first-order chi connectivity index (χ1) is 6.27. The van der Waals surface area contributed by atoms with Gasteiger partial charge in [0.25, 0.3) is 0 Å². The zero-order valence-corrected chi connectivity index (χ0v) is 9.34. The van der Waals surface area contributed by atoms with Crippen LogP contribution >= 0.6 is 15.9 Å². The third-order valence-corrected chi connectivity index (χ3v) is 3.29. The summed E-state index contributed by atoms with van der Waals surface area (Å²) in [4.78, 5) is 0. The standard InChI is InChI=1S/C11H14BrN/c1-8-6-13-7-11(8)9-3-2-4-10(12)5-9/h2-5,8,11,13H,6-7H2,1H3/t8-,11-/m1/s1. The molecule has 0 spiro atoms. The molecule has 1 aromatic rings. The number of hydrogen-bond donors (Lipinski definition) is 1. The second-order valence-corrected chi connectivity index (χ2v) is 4.71. The Labute approximate surface area is 87.7 Å². The van der Waals surface area contributed by atoms with Gasteiger partial charge < -0.3 is 5.32 Å². The first kappa shape index (κ1) is 9.22. The maximum absolute atomic E-state index is 3.51. The second-order valence-electron chi connectivity index (χ2n) is 3.80. The quantitative estimate of drug-likeness (QED) is 0.795. The summed E-state index contributed by atoms with van der Waals surface area (Å²) < 4.78 is 1.18. The van der Waals surface area contributed by atoms with Crippen LogP contribution in [-0.2, 0) is 0 Å². The molecule has 1 fully saturated rings. The van der Waals surface area contributed by atoms with Gasteiger partial charge in [0.1, 0.15) is 0 Å². The Balaban J connectivity index is 2.24. The van der Waals surface area contributed by atoms with Gasteiger partial charge in [0.15, 0.2) is 0 Å². The van der Waals surface area contributed by atoms with Crippen molar-refractivity contribution in [2.75, 3.05) is 13.1 Å². The van der Waals surface area contributed by atoms with Crippen molar-refractivity contribution in [1.29, 1.82) is 0 Å². The molecule has 13 heavy (non-hydrogen) atoms. The molecule has 1 N–H and O–H groups in total. The van der Waals surface area contributed by atoms with Crippen molar-refractivity contribution in [2.24, 2.45) is 5.92 Å². The van der Waals surface area contributed by atoms with Crippen molar-refractivity contribution >= 4 is 15.9 Å². The summed E-state index contributed by atoms with van der Waals surface area (Å²) in [5, 5.41) is 3.42. The van der Waals surface area contributed by atoms with Crippen LogP contribution in [0.3, 0.4) is 0 Å². The second kappa shape index (κ2) is 3.81. The van der Waals surface area contributed by atoms with E-state index in [4.69, 9.17) is 0 Å². The van der Waals surface area contributed by atoms with Gasteiger partial charge in [0.05, 0.1) is 0 Å². The lowest BCUT2D eigenvalue weighted by atomic mass is 9.90. The highest BCUT2D eigenvalue weighted by Gasteiger charge is 2.24. The summed E-state index contributed by atoms with van der Waals surface area (Å²) in [5.74, 6) is 1.45. The minimum absolute atomic E-state index is 0.692. The molecule has 2 rings (SSSR count). The lowest BCUT2D eigenvalue weighted by Gasteiger charge is -2.14. The summed E-state index contributed by atoms with van der Waals surface area (Å²) in [6.07, 6.45) is 0. The highest BCUT2D eigenvalue weighted by atomic mass is 79.9. The fourth-order valence-electron chi connectivity index (χ4n) is 1.99. The van der Waals surface area contributed by atoms with Gasteiger partial charge in [-0.05, 0) is 30.2 Å². The molecule has 1 aromatic carbocycles. The van der Waals surface area contributed by atoms with Gasteiger partial charge in [0, 0.05) is 16.9 Å². The lowest BCUT2D eigenvalue weighted by molar-refractivity contribution is 0.572. The van der Waals surface area contributed by atoms with Crippen molar-refractivity contribution in [3.05, 3.63) is 34.3 Å². The van der Waals surface area contributed by atoms with Crippen LogP contribution in [0.25, 0.3) is 0 Å². The fraction of sp³-hybridized carbons (Fsp3) is 0.455. The average molecular weight is 240 g/mol. The number of nitrogens with one attached hydrogen (secondary N) is 1. The van der Waals surface area contributed by atoms with Gasteiger partial charge in [-0.25, -0.2) is 0 Å². The van der Waals surface area contributed by atoms with Gasteiger partial charge in [-0.2, -0.15) is 0 Å². The van der Waals surface area contributed by atoms with E-state index in [0.29, 0.717) is 5.92 Å². The average Bonchev–Trinajstić information content (AvgIpc) is 2.51. The summed E-state index contributed by atoms with van der Waals surface area (Å²) >= 11 is 3.51. The van der Waals surface area contributed by atoms with E-state index < -0.39 is 0 Å². The first-order valence-corrected chi connectivity index (χ1v) is 5.53. The molecule has 0 amide bonds. The van der Waals surface area contributed by atoms with Crippen molar-refractivity contribution < 1.29 is 0 Å². The van der Waals surface area contributed by atoms with Crippen molar-refractivity contribution in [2.45, 2.75) is 12.8 Å². The molecule has 2 atom stereocenters. The molecular formula is C11H14BrN. The summed E-state index contributed by atoms with van der Waals surface area (Å²) in [6.45, 7) is 4.58. The fourth-order valence-corrected chi connectivity index (χ4v) is 2.41. The molecule has 0 saturated carbocycles. The molecule has 0 unspecified atom stereocenters. The Hall–Kier alpha value is -0.340. The van der Waals surface area contributed by atoms with Crippen LogP contribution in [0.15, 0.2) is 28.7 Å². The smallest absolute Gasteiger partial charge is 0.0178 e. The summed E-state index contributed by atoms with van der Waals surface area (Å²) in [7, 11) is 0. The Bertz CT molecular complexity index is 298. The monoisotopic (exact) mass is 239 g/mol. The van der Waals surface area contributed by atoms with Crippen LogP contribution in [0.5, 0.6) is 0 Å². The molecule has 1 heterocycles. The Kier molecular flexibility index (Phi) is 2.70. The molecule has 0 aliphatic carbocycles. The predicted molar refractivity (Wildman–Crippen MR) is 58.9 cm³/mol. The van der Waals surface area contributed by atoms with E-state index in [2.05, 4.69) is 52.4 Å². The zero-order valence-electron chi connectivity index (χ0n) is 7.76. The van der Waals surface area contributed by atoms with Gasteiger partial charge >= 0.3 is 0 Å². The van der Waals surface area contributed by atoms with Crippen molar-refractivity contribution in [3.63, 3.8) is 0 Å². The highest BCUT2D eigenvalue weighted by Crippen LogP contribution is 2.28. The van der Waals surface area contributed by atoms with Crippen LogP contribution < -0.4 is 5.32 Å². The summed E-state index contributed by atoms with van der Waals surface area (Å²) in [5.41, 5.74) is 1.45. The minimum Gasteiger partial charge on any atom is -0.316 e. The molecule has 1 nitrogen and oxygen atoms in total. The largest absolute Gasteiger partial charge is 0.316 e. The molecule has 2 heteroatoms. The Morgan fingerprint density at radius 3 is 2.85 bits per heavy atom. The molecular weight excluding hydrogens is 226 g/mol. The third-order valence-electron chi connectivity index (χ3n) is 2.79. The number of halogens is 1. The van der Waals surface area contributed by atoms with Crippen LogP contribution in [0.2, 0.25) is 0 Å². The number of benzene rings is 1. The predicted octanol–water partition coefficient (Wildman–Crippen LogP) is 2.77. The maximum Gasteiger partial charge on any atom is 0.0178 e. The maximum atomic E-state index is 3.51. The van der Waals surface area contributed by atoms with Crippen molar-refractivity contribution in [3.8, 4) is 0 Å². The van der Waals surface area contributed by atoms with E-state index in [1.165, 1.54) is 10.0 Å². The van der Waals surface area contributed by atoms with E-state index >= 15 is 0 Å². The number of hydrogen-bond acceptors (Lipinski definition) is 1. The van der Waals surface area contributed by atoms with Gasteiger partial charge in [-0.15, -0.1) is 0 Å². The summed E-state index contributed by atoms with van der Waals surface area (Å²) in [6, 6.07) is 8.65. The number of rotatable bonds is 1. The topological polar surface area (TPSA) is 12.0 Å². The SMILES string of the molecule is C[C@@H]1CNC[C@H]1c1cccc(Br)c1. The Morgan fingerprint density at radius 1 is 1.38 bits per heavy atom. The van der Waals surface area contributed by atoms with Crippen LogP contribution in [0, 0.1) is 5.92 Å². The molecule has 1 saturated heterocycles. The molecule has 70 valence electrons.